The predicted molar refractivity (Wildman–Crippen MR) is 110 cm³/mol. The van der Waals surface area contributed by atoms with Crippen molar-refractivity contribution in [2.45, 2.75) is 25.6 Å². The van der Waals surface area contributed by atoms with E-state index < -0.39 is 59.2 Å². The van der Waals surface area contributed by atoms with Crippen molar-refractivity contribution in [3.8, 4) is 11.5 Å². The minimum Gasteiger partial charge on any atom is -0.415 e. The van der Waals surface area contributed by atoms with Crippen LogP contribution in [0.1, 0.15) is 30.8 Å². The normalized spacial score (nSPS) is 13.4. The van der Waals surface area contributed by atoms with E-state index in [1.807, 2.05) is 0 Å². The number of benzene rings is 1. The third kappa shape index (κ3) is 7.11. The number of nitrogens with one attached hydrogen (secondary N) is 1. The molecule has 1 N–H and O–H groups in total. The Morgan fingerprint density at radius 1 is 1.09 bits per heavy atom. The van der Waals surface area contributed by atoms with Gasteiger partial charge in [-0.1, -0.05) is 12.1 Å². The maximum Gasteiger partial charge on any atom is 0.402 e. The van der Waals surface area contributed by atoms with Crippen molar-refractivity contribution in [1.82, 2.24) is 24.5 Å². The van der Waals surface area contributed by atoms with Crippen molar-refractivity contribution in [3.63, 3.8) is 0 Å². The summed E-state index contributed by atoms with van der Waals surface area (Å²) in [6, 6.07) is 3.56. The number of nitrogens with zero attached hydrogens (tertiary/aromatic N) is 5. The first-order valence-corrected chi connectivity index (χ1v) is 11.5. The van der Waals surface area contributed by atoms with Crippen LogP contribution in [0.2, 0.25) is 0 Å². The summed E-state index contributed by atoms with van der Waals surface area (Å²) in [6.07, 6.45) is -5.52. The van der Waals surface area contributed by atoms with Gasteiger partial charge in [0.1, 0.15) is 12.4 Å². The van der Waals surface area contributed by atoms with Crippen LogP contribution < -0.4 is 5.32 Å². The van der Waals surface area contributed by atoms with Gasteiger partial charge in [0.25, 0.3) is 11.8 Å². The first-order valence-electron chi connectivity index (χ1n) is 9.88. The third-order valence-corrected chi connectivity index (χ3v) is 6.40. The molecule has 0 radical (unpaired) electrons. The highest BCUT2D eigenvalue weighted by Crippen LogP contribution is 2.26. The van der Waals surface area contributed by atoms with Gasteiger partial charge in [0, 0.05) is 18.9 Å². The molecular weight excluding hydrogens is 506 g/mol. The van der Waals surface area contributed by atoms with Crippen LogP contribution in [0.3, 0.4) is 0 Å². The monoisotopic (exact) mass is 524 g/mol. The molecule has 0 aliphatic rings. The minimum atomic E-state index is -4.81. The van der Waals surface area contributed by atoms with Gasteiger partial charge in [-0.05, 0) is 24.6 Å². The first-order chi connectivity index (χ1) is 16.4. The zero-order chi connectivity index (χ0) is 25.8. The fourth-order valence-corrected chi connectivity index (χ4v) is 3.98. The second kappa shape index (κ2) is 10.6. The quantitative estimate of drug-likeness (QED) is 0.397. The molecule has 190 valence electrons. The zero-order valence-corrected chi connectivity index (χ0v) is 18.7. The molecule has 0 amide bonds. The molecule has 1 atom stereocenters. The van der Waals surface area contributed by atoms with Crippen LogP contribution in [0.5, 0.6) is 0 Å². The fourth-order valence-electron chi connectivity index (χ4n) is 2.90. The smallest absolute Gasteiger partial charge is 0.402 e. The van der Waals surface area contributed by atoms with Crippen molar-refractivity contribution in [1.29, 1.82) is 0 Å². The Hall–Kier alpha value is -3.27. The predicted octanol–water partition coefficient (Wildman–Crippen LogP) is 3.97. The maximum absolute atomic E-state index is 13.4. The van der Waals surface area contributed by atoms with Gasteiger partial charge >= 0.3 is 12.6 Å². The average molecular weight is 524 g/mol. The topological polar surface area (TPSA) is 114 Å². The highest BCUT2D eigenvalue weighted by Gasteiger charge is 2.37. The first kappa shape index (κ1) is 26.3. The lowest BCUT2D eigenvalue weighted by Gasteiger charge is -2.28. The van der Waals surface area contributed by atoms with Crippen LogP contribution in [0.25, 0.3) is 11.5 Å². The van der Waals surface area contributed by atoms with Crippen molar-refractivity contribution >= 4 is 16.0 Å². The van der Waals surface area contributed by atoms with Crippen molar-refractivity contribution in [3.05, 3.63) is 53.9 Å². The van der Waals surface area contributed by atoms with Crippen LogP contribution in [0.4, 0.5) is 32.3 Å². The molecule has 0 saturated heterocycles. The zero-order valence-electron chi connectivity index (χ0n) is 17.9. The Kier molecular flexibility index (Phi) is 7.94. The Morgan fingerprint density at radius 3 is 2.23 bits per heavy atom. The van der Waals surface area contributed by atoms with E-state index in [4.69, 9.17) is 4.42 Å². The number of sulfonamides is 1. The summed E-state index contributed by atoms with van der Waals surface area (Å²) in [5.41, 5.74) is 0.344. The van der Waals surface area contributed by atoms with Crippen molar-refractivity contribution < 1.29 is 39.2 Å². The van der Waals surface area contributed by atoms with Gasteiger partial charge in [0.05, 0.1) is 17.4 Å². The molecule has 0 fully saturated rings. The summed E-state index contributed by atoms with van der Waals surface area (Å²) >= 11 is 0. The number of hydrogen-bond donors (Lipinski definition) is 1. The summed E-state index contributed by atoms with van der Waals surface area (Å²) in [6.45, 7) is -1.20. The number of rotatable bonds is 10. The van der Waals surface area contributed by atoms with Crippen LogP contribution in [0, 0.1) is 5.82 Å². The van der Waals surface area contributed by atoms with Gasteiger partial charge in [-0.25, -0.2) is 22.8 Å². The number of halogens is 6. The Morgan fingerprint density at radius 2 is 1.71 bits per heavy atom. The van der Waals surface area contributed by atoms with Gasteiger partial charge in [-0.3, -0.25) is 0 Å². The largest absolute Gasteiger partial charge is 0.415 e. The number of alkyl halides is 5. The summed E-state index contributed by atoms with van der Waals surface area (Å²) in [5, 5.41) is 9.36. The Balaban J connectivity index is 1.89. The summed E-state index contributed by atoms with van der Waals surface area (Å²) in [4.78, 5) is 7.91. The van der Waals surface area contributed by atoms with E-state index in [0.717, 1.165) is 24.5 Å². The third-order valence-electron chi connectivity index (χ3n) is 4.60. The van der Waals surface area contributed by atoms with Gasteiger partial charge in [-0.15, -0.1) is 10.2 Å². The molecule has 0 spiro atoms. The van der Waals surface area contributed by atoms with E-state index in [-0.39, 0.29) is 27.3 Å². The molecule has 0 saturated carbocycles. The summed E-state index contributed by atoms with van der Waals surface area (Å²) in [7, 11) is -4.27. The molecular formula is C19H18F6N6O3S. The van der Waals surface area contributed by atoms with Crippen molar-refractivity contribution in [2.24, 2.45) is 0 Å². The lowest BCUT2D eigenvalue weighted by molar-refractivity contribution is -0.136. The highest BCUT2D eigenvalue weighted by atomic mass is 32.2. The molecule has 0 aliphatic carbocycles. The van der Waals surface area contributed by atoms with Crippen LogP contribution in [0.15, 0.2) is 41.1 Å². The Labute approximate surface area is 195 Å². The minimum absolute atomic E-state index is 0.0838. The van der Waals surface area contributed by atoms with Crippen LogP contribution in [-0.4, -0.2) is 57.9 Å². The highest BCUT2D eigenvalue weighted by molar-refractivity contribution is 7.89. The molecule has 2 aromatic heterocycles. The molecule has 9 nitrogen and oxygen atoms in total. The SMILES string of the molecule is CCS(=O)(=O)N(C[C@H](Nc1ncc(-c2nnc(C(F)F)o2)cn1)c1ccc(F)cc1)CC(F)(F)F. The molecule has 1 aromatic carbocycles. The van der Waals surface area contributed by atoms with Gasteiger partial charge in [0.2, 0.25) is 16.0 Å². The van der Waals surface area contributed by atoms with E-state index in [1.165, 1.54) is 19.1 Å². The molecule has 35 heavy (non-hydrogen) atoms. The molecule has 2 heterocycles. The molecule has 3 rings (SSSR count). The Bertz CT molecular complexity index is 1220. The molecule has 0 unspecified atom stereocenters. The van der Waals surface area contributed by atoms with E-state index in [0.29, 0.717) is 0 Å². The van der Waals surface area contributed by atoms with E-state index in [2.05, 4.69) is 25.5 Å². The molecule has 3 aromatic rings. The number of anilines is 1. The van der Waals surface area contributed by atoms with E-state index >= 15 is 0 Å². The lowest BCUT2D eigenvalue weighted by Crippen LogP contribution is -2.43. The summed E-state index contributed by atoms with van der Waals surface area (Å²) < 4.78 is 108. The van der Waals surface area contributed by atoms with Gasteiger partial charge in [0.15, 0.2) is 0 Å². The van der Waals surface area contributed by atoms with Crippen molar-refractivity contribution in [2.75, 3.05) is 24.2 Å². The van der Waals surface area contributed by atoms with E-state index in [1.54, 1.807) is 0 Å². The average Bonchev–Trinajstić information content (AvgIpc) is 3.29. The lowest BCUT2D eigenvalue weighted by atomic mass is 10.1. The van der Waals surface area contributed by atoms with E-state index in [9.17, 15) is 34.8 Å². The molecule has 0 aliphatic heterocycles. The number of hydrogen-bond acceptors (Lipinski definition) is 8. The fraction of sp³-hybridized carbons (Fsp3) is 0.368. The maximum atomic E-state index is 13.4. The second-order valence-electron chi connectivity index (χ2n) is 7.10. The summed E-state index contributed by atoms with van der Waals surface area (Å²) in [5.74, 6) is -2.51. The number of aromatic nitrogens is 4. The molecule has 16 heteroatoms. The standard InChI is InChI=1S/C19H18F6N6O3S/c1-2-35(32,33)31(10-19(23,24)25)9-14(11-3-5-13(20)6-4-11)28-18-26-7-12(8-27-18)16-29-30-17(34-16)15(21)22/h3-8,14-15H,2,9-10H2,1H3,(H,26,27,28)/t14-/m0/s1. The van der Waals surface area contributed by atoms with Crippen LogP contribution >= 0.6 is 0 Å². The molecule has 0 bridgehead atoms. The van der Waals surface area contributed by atoms with Gasteiger partial charge in [-0.2, -0.15) is 26.3 Å². The second-order valence-corrected chi connectivity index (χ2v) is 9.36. The van der Waals surface area contributed by atoms with Crippen LogP contribution in [-0.2, 0) is 10.0 Å². The van der Waals surface area contributed by atoms with Gasteiger partial charge < -0.3 is 9.73 Å².